The van der Waals surface area contributed by atoms with E-state index in [9.17, 15) is 5.11 Å². The van der Waals surface area contributed by atoms with Gasteiger partial charge in [-0.05, 0) is 55.0 Å². The molecule has 3 heterocycles. The number of aromatic hydroxyl groups is 1. The zero-order valence-electron chi connectivity index (χ0n) is 18.4. The van der Waals surface area contributed by atoms with E-state index in [1.54, 1.807) is 25.4 Å². The molecule has 2 N–H and O–H groups in total. The zero-order chi connectivity index (χ0) is 22.1. The topological polar surface area (TPSA) is 96.3 Å². The number of nitrogens with zero attached hydrogens (tertiary/aromatic N) is 5. The quantitative estimate of drug-likeness (QED) is 0.613. The summed E-state index contributed by atoms with van der Waals surface area (Å²) in [5.74, 6) is 2.30. The van der Waals surface area contributed by atoms with E-state index in [2.05, 4.69) is 37.5 Å². The lowest BCUT2D eigenvalue weighted by Crippen LogP contribution is -2.46. The number of aromatic nitrogens is 4. The number of rotatable bonds is 6. The highest BCUT2D eigenvalue weighted by Crippen LogP contribution is 2.33. The Morgan fingerprint density at radius 3 is 2.62 bits per heavy atom. The Bertz CT molecular complexity index is 1080. The van der Waals surface area contributed by atoms with Gasteiger partial charge >= 0.3 is 0 Å². The Morgan fingerprint density at radius 2 is 1.91 bits per heavy atom. The van der Waals surface area contributed by atoms with Crippen molar-refractivity contribution in [1.29, 1.82) is 0 Å². The van der Waals surface area contributed by atoms with E-state index in [-0.39, 0.29) is 5.75 Å². The third-order valence-corrected chi connectivity index (χ3v) is 6.46. The first-order valence-corrected chi connectivity index (χ1v) is 11.1. The zero-order valence-corrected chi connectivity index (χ0v) is 18.4. The fourth-order valence-electron chi connectivity index (χ4n) is 4.65. The van der Waals surface area contributed by atoms with Gasteiger partial charge in [0.05, 0.1) is 19.0 Å². The van der Waals surface area contributed by atoms with Crippen LogP contribution in [0.1, 0.15) is 26.2 Å². The first-order valence-electron chi connectivity index (χ1n) is 11.1. The summed E-state index contributed by atoms with van der Waals surface area (Å²) in [7, 11) is 1.55. The van der Waals surface area contributed by atoms with Gasteiger partial charge in [-0.2, -0.15) is 5.10 Å². The number of hydrogen-bond donors (Lipinski definition) is 2. The number of anilines is 1. The van der Waals surface area contributed by atoms with Crippen LogP contribution in [0.25, 0.3) is 22.4 Å². The van der Waals surface area contributed by atoms with Crippen molar-refractivity contribution in [3.63, 3.8) is 0 Å². The summed E-state index contributed by atoms with van der Waals surface area (Å²) in [6.45, 7) is 4.26. The number of phenols is 1. The fourth-order valence-corrected chi connectivity index (χ4v) is 4.65. The molecule has 32 heavy (non-hydrogen) atoms. The van der Waals surface area contributed by atoms with Gasteiger partial charge in [-0.1, -0.05) is 13.0 Å². The minimum Gasteiger partial charge on any atom is -0.507 e. The van der Waals surface area contributed by atoms with Crippen molar-refractivity contribution in [2.45, 2.75) is 38.3 Å². The second-order valence-electron chi connectivity index (χ2n) is 8.87. The van der Waals surface area contributed by atoms with Crippen LogP contribution in [0.3, 0.4) is 0 Å². The number of nitrogens with one attached hydrogen (secondary N) is 1. The van der Waals surface area contributed by atoms with Crippen LogP contribution in [0.2, 0.25) is 0 Å². The van der Waals surface area contributed by atoms with Gasteiger partial charge in [-0.25, -0.2) is 0 Å². The smallest absolute Gasteiger partial charge is 0.233 e. The molecule has 8 heteroatoms. The van der Waals surface area contributed by atoms with E-state index in [1.807, 2.05) is 24.3 Å². The second kappa shape index (κ2) is 8.70. The highest BCUT2D eigenvalue weighted by Gasteiger charge is 2.30. The molecule has 0 amide bonds. The Morgan fingerprint density at radius 1 is 1.03 bits per heavy atom. The molecule has 5 rings (SSSR count). The third kappa shape index (κ3) is 4.23. The molecule has 1 aromatic carbocycles. The molecule has 1 aliphatic heterocycles. The van der Waals surface area contributed by atoms with Gasteiger partial charge in [-0.3, -0.25) is 0 Å². The van der Waals surface area contributed by atoms with Crippen LogP contribution < -0.4 is 15.0 Å². The first-order chi connectivity index (χ1) is 15.6. The van der Waals surface area contributed by atoms with Crippen molar-refractivity contribution in [3.05, 3.63) is 42.6 Å². The van der Waals surface area contributed by atoms with Crippen LogP contribution in [-0.2, 0) is 0 Å². The van der Waals surface area contributed by atoms with Gasteiger partial charge in [0.1, 0.15) is 5.75 Å². The van der Waals surface area contributed by atoms with Crippen LogP contribution >= 0.6 is 0 Å². The monoisotopic (exact) mass is 432 g/mol. The molecule has 1 atom stereocenters. The number of ether oxygens (including phenoxy) is 1. The number of hydrogen-bond acceptors (Lipinski definition) is 8. The van der Waals surface area contributed by atoms with Crippen LogP contribution in [0.4, 0.5) is 5.82 Å². The lowest BCUT2D eigenvalue weighted by Gasteiger charge is -2.35. The molecule has 1 saturated carbocycles. The van der Waals surface area contributed by atoms with Crippen LogP contribution in [0, 0.1) is 5.92 Å². The van der Waals surface area contributed by atoms with E-state index in [4.69, 9.17) is 4.74 Å². The van der Waals surface area contributed by atoms with Crippen molar-refractivity contribution in [1.82, 2.24) is 25.7 Å². The molecule has 2 aromatic heterocycles. The van der Waals surface area contributed by atoms with E-state index >= 15 is 0 Å². The highest BCUT2D eigenvalue weighted by atomic mass is 16.5. The molecule has 2 aliphatic rings. The third-order valence-electron chi connectivity index (χ3n) is 6.46. The van der Waals surface area contributed by atoms with Crippen LogP contribution in [0.5, 0.6) is 11.6 Å². The summed E-state index contributed by atoms with van der Waals surface area (Å²) in [5.41, 5.74) is 2.91. The molecular formula is C24H28N6O2. The van der Waals surface area contributed by atoms with Crippen molar-refractivity contribution >= 4 is 5.82 Å². The molecule has 166 valence electrons. The van der Waals surface area contributed by atoms with Crippen LogP contribution in [0.15, 0.2) is 42.6 Å². The normalized spacial score (nSPS) is 22.6. The number of methoxy groups -OCH3 is 1. The summed E-state index contributed by atoms with van der Waals surface area (Å²) >= 11 is 0. The number of phenolic OH excluding ortho intramolecular Hbond substituents is 1. The molecule has 8 nitrogen and oxygen atoms in total. The molecule has 3 aromatic rings. The van der Waals surface area contributed by atoms with Crippen molar-refractivity contribution in [2.75, 3.05) is 25.1 Å². The Hall–Kier alpha value is -3.26. The Balaban J connectivity index is 1.27. The lowest BCUT2D eigenvalue weighted by atomic mass is 9.81. The molecule has 1 aliphatic carbocycles. The summed E-state index contributed by atoms with van der Waals surface area (Å²) in [6, 6.07) is 12.3. The molecule has 0 spiro atoms. The maximum absolute atomic E-state index is 10.6. The summed E-state index contributed by atoms with van der Waals surface area (Å²) in [4.78, 5) is 2.28. The summed E-state index contributed by atoms with van der Waals surface area (Å²) < 4.78 is 5.13. The van der Waals surface area contributed by atoms with E-state index < -0.39 is 0 Å². The largest absolute Gasteiger partial charge is 0.507 e. The molecule has 1 saturated heterocycles. The van der Waals surface area contributed by atoms with Gasteiger partial charge in [-0.15, -0.1) is 15.3 Å². The van der Waals surface area contributed by atoms with Gasteiger partial charge in [0.25, 0.3) is 0 Å². The van der Waals surface area contributed by atoms with Gasteiger partial charge in [0.2, 0.25) is 5.88 Å². The Labute approximate surface area is 187 Å². The predicted molar refractivity (Wildman–Crippen MR) is 123 cm³/mol. The maximum Gasteiger partial charge on any atom is 0.233 e. The molecule has 0 bridgehead atoms. The second-order valence-corrected chi connectivity index (χ2v) is 8.87. The van der Waals surface area contributed by atoms with Gasteiger partial charge in [0, 0.05) is 42.4 Å². The fraction of sp³-hybridized carbons (Fsp3) is 0.417. The minimum absolute atomic E-state index is 0.139. The van der Waals surface area contributed by atoms with E-state index in [1.165, 1.54) is 12.8 Å². The summed E-state index contributed by atoms with van der Waals surface area (Å²) in [6.07, 6.45) is 5.34. The van der Waals surface area contributed by atoms with E-state index in [0.717, 1.165) is 42.4 Å². The first kappa shape index (κ1) is 20.6. The predicted octanol–water partition coefficient (Wildman–Crippen LogP) is 3.28. The average Bonchev–Trinajstić information content (AvgIpc) is 3.27. The average molecular weight is 433 g/mol. The molecule has 0 unspecified atom stereocenters. The molecular weight excluding hydrogens is 404 g/mol. The SMILES string of the molecule is COc1cc(-c2ccc(-c3ccc(N4CC[C@@H](N[C@H]5C[C@H](C)C5)C4)nn3)c(O)c2)cnn1. The van der Waals surface area contributed by atoms with Crippen molar-refractivity contribution in [2.24, 2.45) is 5.92 Å². The van der Waals surface area contributed by atoms with Crippen molar-refractivity contribution < 1.29 is 9.84 Å². The minimum atomic E-state index is 0.139. The molecule has 0 radical (unpaired) electrons. The highest BCUT2D eigenvalue weighted by molar-refractivity contribution is 5.74. The van der Waals surface area contributed by atoms with Gasteiger partial charge in [0.15, 0.2) is 5.82 Å². The number of benzene rings is 1. The van der Waals surface area contributed by atoms with E-state index in [0.29, 0.717) is 29.2 Å². The standard InChI is InChI=1S/C24H28N6O2/c1-15-9-19(10-15)26-18-7-8-30(14-18)23-6-5-21(27-28-23)20-4-3-16(11-22(20)31)17-12-24(32-2)29-25-13-17/h3-6,11-13,15,18-19,26,31H,7-10,14H2,1-2H3/t15-,18-,19-/m1/s1. The summed E-state index contributed by atoms with van der Waals surface area (Å²) in [5, 5.41) is 31.1. The van der Waals surface area contributed by atoms with Crippen LogP contribution in [-0.4, -0.2) is 57.8 Å². The molecule has 2 fully saturated rings. The lowest BCUT2D eigenvalue weighted by molar-refractivity contribution is 0.226. The van der Waals surface area contributed by atoms with Crippen molar-refractivity contribution in [3.8, 4) is 34.0 Å². The maximum atomic E-state index is 10.6. The Kier molecular flexibility index (Phi) is 5.61. The van der Waals surface area contributed by atoms with Gasteiger partial charge < -0.3 is 20.1 Å².